The minimum atomic E-state index is -0.786. The van der Waals surface area contributed by atoms with Gasteiger partial charge in [0, 0.05) is 10.5 Å². The highest BCUT2D eigenvalue weighted by atomic mass is 79.9. The molecule has 24 heavy (non-hydrogen) atoms. The molecule has 1 N–H and O–H groups in total. The minimum absolute atomic E-state index is 0.00958. The summed E-state index contributed by atoms with van der Waals surface area (Å²) in [5.41, 5.74) is -0.387. The molecule has 7 nitrogen and oxygen atoms in total. The highest BCUT2D eigenvalue weighted by Gasteiger charge is 2.33. The molecular weight excluding hydrogens is 380 g/mol. The Hall–Kier alpha value is -1.96. The molecule has 1 saturated carbocycles. The number of rotatable bonds is 5. The SMILES string of the molecule is COC(=O)[C@@H](NC(=O)c1ccc(Br)cc1[N+](=O)[O-])C1CCCCC1. The van der Waals surface area contributed by atoms with Crippen LogP contribution in [0.5, 0.6) is 0 Å². The average molecular weight is 399 g/mol. The Morgan fingerprint density at radius 3 is 2.58 bits per heavy atom. The van der Waals surface area contributed by atoms with Gasteiger partial charge in [-0.2, -0.15) is 0 Å². The van der Waals surface area contributed by atoms with E-state index in [0.29, 0.717) is 4.47 Å². The third kappa shape index (κ3) is 4.31. The van der Waals surface area contributed by atoms with Crippen molar-refractivity contribution in [3.8, 4) is 0 Å². The first-order valence-corrected chi connectivity index (χ1v) is 8.56. The number of nitrogens with one attached hydrogen (secondary N) is 1. The van der Waals surface area contributed by atoms with Crippen molar-refractivity contribution in [2.75, 3.05) is 7.11 Å². The summed E-state index contributed by atoms with van der Waals surface area (Å²) in [7, 11) is 1.27. The number of ether oxygens (including phenoxy) is 1. The van der Waals surface area contributed by atoms with E-state index in [9.17, 15) is 19.7 Å². The van der Waals surface area contributed by atoms with Crippen molar-refractivity contribution in [3.05, 3.63) is 38.3 Å². The number of esters is 1. The van der Waals surface area contributed by atoms with E-state index in [1.165, 1.54) is 19.2 Å². The number of hydrogen-bond acceptors (Lipinski definition) is 5. The van der Waals surface area contributed by atoms with Crippen LogP contribution in [0.2, 0.25) is 0 Å². The van der Waals surface area contributed by atoms with E-state index in [-0.39, 0.29) is 17.2 Å². The molecule has 0 spiro atoms. The summed E-state index contributed by atoms with van der Waals surface area (Å²) < 4.78 is 5.31. The molecule has 1 fully saturated rings. The lowest BCUT2D eigenvalue weighted by molar-refractivity contribution is -0.385. The number of amides is 1. The zero-order valence-corrected chi connectivity index (χ0v) is 14.9. The van der Waals surface area contributed by atoms with Crippen molar-refractivity contribution < 1.29 is 19.2 Å². The predicted molar refractivity (Wildman–Crippen MR) is 90.6 cm³/mol. The first-order chi connectivity index (χ1) is 11.4. The molecule has 0 saturated heterocycles. The Bertz CT molecular complexity index is 643. The largest absolute Gasteiger partial charge is 0.467 e. The number of methoxy groups -OCH3 is 1. The number of nitrogens with zero attached hydrogens (tertiary/aromatic N) is 1. The van der Waals surface area contributed by atoms with Gasteiger partial charge in [-0.25, -0.2) is 4.79 Å². The molecule has 0 heterocycles. The molecule has 1 amide bonds. The fraction of sp³-hybridized carbons (Fsp3) is 0.500. The van der Waals surface area contributed by atoms with Gasteiger partial charge in [-0.05, 0) is 30.9 Å². The van der Waals surface area contributed by atoms with Gasteiger partial charge in [0.25, 0.3) is 11.6 Å². The van der Waals surface area contributed by atoms with Gasteiger partial charge in [0.05, 0.1) is 12.0 Å². The summed E-state index contributed by atoms with van der Waals surface area (Å²) in [5.74, 6) is -1.17. The van der Waals surface area contributed by atoms with Crippen LogP contribution in [-0.4, -0.2) is 30.0 Å². The van der Waals surface area contributed by atoms with Gasteiger partial charge in [-0.3, -0.25) is 14.9 Å². The molecule has 0 bridgehead atoms. The normalized spacial score (nSPS) is 16.2. The van der Waals surface area contributed by atoms with Gasteiger partial charge in [-0.1, -0.05) is 35.2 Å². The average Bonchev–Trinajstić information content (AvgIpc) is 2.59. The summed E-state index contributed by atoms with van der Waals surface area (Å²) >= 11 is 3.15. The molecule has 1 aliphatic carbocycles. The number of carbonyl (C=O) groups is 2. The topological polar surface area (TPSA) is 98.5 Å². The third-order valence-corrected chi connectivity index (χ3v) is 4.76. The van der Waals surface area contributed by atoms with Crippen molar-refractivity contribution in [1.82, 2.24) is 5.32 Å². The zero-order chi connectivity index (χ0) is 17.7. The van der Waals surface area contributed by atoms with Crippen molar-refractivity contribution in [2.45, 2.75) is 38.1 Å². The van der Waals surface area contributed by atoms with E-state index in [2.05, 4.69) is 21.2 Å². The Morgan fingerprint density at radius 1 is 1.33 bits per heavy atom. The highest BCUT2D eigenvalue weighted by molar-refractivity contribution is 9.10. The maximum absolute atomic E-state index is 12.5. The van der Waals surface area contributed by atoms with Gasteiger partial charge in [0.2, 0.25) is 0 Å². The smallest absolute Gasteiger partial charge is 0.328 e. The summed E-state index contributed by atoms with van der Waals surface area (Å²) in [4.78, 5) is 35.1. The predicted octanol–water partition coefficient (Wildman–Crippen LogP) is 3.21. The van der Waals surface area contributed by atoms with E-state index in [1.54, 1.807) is 6.07 Å². The van der Waals surface area contributed by atoms with Crippen LogP contribution >= 0.6 is 15.9 Å². The number of nitro benzene ring substituents is 1. The second-order valence-electron chi connectivity index (χ2n) is 5.79. The molecule has 0 aromatic heterocycles. The second-order valence-corrected chi connectivity index (χ2v) is 6.71. The summed E-state index contributed by atoms with van der Waals surface area (Å²) in [6.45, 7) is 0. The van der Waals surface area contributed by atoms with Crippen LogP contribution < -0.4 is 5.32 Å². The molecule has 8 heteroatoms. The van der Waals surface area contributed by atoms with Gasteiger partial charge in [-0.15, -0.1) is 0 Å². The molecule has 1 aromatic carbocycles. The van der Waals surface area contributed by atoms with Crippen LogP contribution in [0, 0.1) is 16.0 Å². The Labute approximate surface area is 148 Å². The summed E-state index contributed by atoms with van der Waals surface area (Å²) in [5, 5.41) is 13.8. The quantitative estimate of drug-likeness (QED) is 0.466. The van der Waals surface area contributed by atoms with Crippen LogP contribution in [0.1, 0.15) is 42.5 Å². The first kappa shape index (κ1) is 18.4. The molecular formula is C16H19BrN2O5. The van der Waals surface area contributed by atoms with Gasteiger partial charge in [0.1, 0.15) is 11.6 Å². The maximum atomic E-state index is 12.5. The molecule has 0 unspecified atom stereocenters. The van der Waals surface area contributed by atoms with Crippen molar-refractivity contribution in [3.63, 3.8) is 0 Å². The maximum Gasteiger partial charge on any atom is 0.328 e. The van der Waals surface area contributed by atoms with Crippen molar-refractivity contribution >= 4 is 33.5 Å². The van der Waals surface area contributed by atoms with Crippen molar-refractivity contribution in [1.29, 1.82) is 0 Å². The molecule has 1 atom stereocenters. The van der Waals surface area contributed by atoms with E-state index < -0.39 is 22.8 Å². The van der Waals surface area contributed by atoms with E-state index >= 15 is 0 Å². The second kappa shape index (κ2) is 8.23. The zero-order valence-electron chi connectivity index (χ0n) is 13.3. The van der Waals surface area contributed by atoms with Gasteiger partial charge in [0.15, 0.2) is 0 Å². The van der Waals surface area contributed by atoms with Crippen LogP contribution in [0.3, 0.4) is 0 Å². The third-order valence-electron chi connectivity index (χ3n) is 4.26. The van der Waals surface area contributed by atoms with Crippen LogP contribution in [0.4, 0.5) is 5.69 Å². The Balaban J connectivity index is 2.24. The van der Waals surface area contributed by atoms with Crippen LogP contribution in [0.25, 0.3) is 0 Å². The number of benzene rings is 1. The van der Waals surface area contributed by atoms with E-state index in [4.69, 9.17) is 4.74 Å². The number of hydrogen-bond donors (Lipinski definition) is 1. The lowest BCUT2D eigenvalue weighted by Gasteiger charge is -2.28. The molecule has 0 aliphatic heterocycles. The minimum Gasteiger partial charge on any atom is -0.467 e. The standard InChI is InChI=1S/C16H19BrN2O5/c1-24-16(21)14(10-5-3-2-4-6-10)18-15(20)12-8-7-11(17)9-13(12)19(22)23/h7-10,14H,2-6H2,1H3,(H,18,20)/t14-/m0/s1. The monoisotopic (exact) mass is 398 g/mol. The molecule has 130 valence electrons. The fourth-order valence-corrected chi connectivity index (χ4v) is 3.38. The van der Waals surface area contributed by atoms with Crippen LogP contribution in [-0.2, 0) is 9.53 Å². The molecule has 0 radical (unpaired) electrons. The van der Waals surface area contributed by atoms with Gasteiger partial charge < -0.3 is 10.1 Å². The fourth-order valence-electron chi connectivity index (χ4n) is 3.03. The van der Waals surface area contributed by atoms with Crippen LogP contribution in [0.15, 0.2) is 22.7 Å². The van der Waals surface area contributed by atoms with E-state index in [1.807, 2.05) is 0 Å². The molecule has 1 aliphatic rings. The molecule has 2 rings (SSSR count). The number of nitro groups is 1. The highest BCUT2D eigenvalue weighted by Crippen LogP contribution is 2.28. The van der Waals surface area contributed by atoms with Gasteiger partial charge >= 0.3 is 5.97 Å². The number of halogens is 1. The summed E-state index contributed by atoms with van der Waals surface area (Å²) in [6.07, 6.45) is 4.74. The molecule has 1 aromatic rings. The number of carbonyl (C=O) groups excluding carboxylic acids is 2. The van der Waals surface area contributed by atoms with Crippen molar-refractivity contribution in [2.24, 2.45) is 5.92 Å². The Morgan fingerprint density at radius 2 is 2.00 bits per heavy atom. The first-order valence-electron chi connectivity index (χ1n) is 7.76. The lowest BCUT2D eigenvalue weighted by atomic mass is 9.83. The lowest BCUT2D eigenvalue weighted by Crippen LogP contribution is -2.47. The summed E-state index contributed by atoms with van der Waals surface area (Å²) in [6, 6.07) is 3.40. The van der Waals surface area contributed by atoms with E-state index in [0.717, 1.165) is 32.1 Å². The Kier molecular flexibility index (Phi) is 6.30.